The molecule has 0 amide bonds. The smallest absolute Gasteiger partial charge is 0.344 e. The normalized spacial score (nSPS) is 10.8. The Morgan fingerprint density at radius 3 is 2.58 bits per heavy atom. The van der Waals surface area contributed by atoms with Gasteiger partial charge in [-0.2, -0.15) is 10.2 Å². The van der Waals surface area contributed by atoms with Crippen molar-refractivity contribution in [1.82, 2.24) is 20.2 Å². The number of esters is 1. The van der Waals surface area contributed by atoms with E-state index in [1.807, 2.05) is 25.1 Å². The van der Waals surface area contributed by atoms with Crippen molar-refractivity contribution in [2.24, 2.45) is 0 Å². The highest BCUT2D eigenvalue weighted by atomic mass is 19.1. The molecule has 2 aromatic heterocycles. The van der Waals surface area contributed by atoms with E-state index in [-0.39, 0.29) is 19.0 Å². The first kappa shape index (κ1) is 22.1. The second kappa shape index (κ2) is 9.99. The summed E-state index contributed by atoms with van der Waals surface area (Å²) in [6, 6.07) is 13.5. The zero-order valence-corrected chi connectivity index (χ0v) is 18.2. The predicted molar refractivity (Wildman–Crippen MR) is 121 cm³/mol. The molecule has 4 rings (SSSR count). The van der Waals surface area contributed by atoms with Crippen molar-refractivity contribution >= 4 is 22.7 Å². The number of rotatable bonds is 8. The number of nitrogens with one attached hydrogen (secondary N) is 1. The van der Waals surface area contributed by atoms with Gasteiger partial charge in [-0.25, -0.2) is 19.2 Å². The van der Waals surface area contributed by atoms with Crippen molar-refractivity contribution in [2.45, 2.75) is 20.4 Å². The fourth-order valence-corrected chi connectivity index (χ4v) is 3.23. The van der Waals surface area contributed by atoms with Crippen LogP contribution in [0, 0.1) is 12.7 Å². The summed E-state index contributed by atoms with van der Waals surface area (Å²) < 4.78 is 24.2. The Kier molecular flexibility index (Phi) is 6.68. The first-order chi connectivity index (χ1) is 16.0. The molecule has 33 heavy (non-hydrogen) atoms. The molecule has 0 aliphatic carbocycles. The predicted octanol–water partition coefficient (Wildman–Crippen LogP) is 4.09. The average Bonchev–Trinajstić information content (AvgIpc) is 2.82. The minimum atomic E-state index is -0.483. The zero-order valence-electron chi connectivity index (χ0n) is 18.2. The van der Waals surface area contributed by atoms with Gasteiger partial charge in [0.2, 0.25) is 0 Å². The van der Waals surface area contributed by atoms with Crippen molar-refractivity contribution in [1.29, 1.82) is 0 Å². The molecule has 0 saturated heterocycles. The van der Waals surface area contributed by atoms with Gasteiger partial charge >= 0.3 is 5.97 Å². The Balaban J connectivity index is 1.72. The molecule has 0 bridgehead atoms. The van der Waals surface area contributed by atoms with E-state index in [1.54, 1.807) is 25.1 Å². The number of carbonyl (C=O) groups excluding carboxylic acids is 1. The third-order valence-electron chi connectivity index (χ3n) is 4.82. The largest absolute Gasteiger partial charge is 0.480 e. The third kappa shape index (κ3) is 5.38. The van der Waals surface area contributed by atoms with Gasteiger partial charge in [-0.15, -0.1) is 0 Å². The number of hydrogen-bond acceptors (Lipinski definition) is 8. The Bertz CT molecular complexity index is 1260. The van der Waals surface area contributed by atoms with Crippen LogP contribution in [-0.2, 0) is 16.1 Å². The molecule has 0 aliphatic heterocycles. The molecule has 0 spiro atoms. The molecule has 0 aliphatic rings. The van der Waals surface area contributed by atoms with E-state index < -0.39 is 5.97 Å². The van der Waals surface area contributed by atoms with Crippen LogP contribution in [0.25, 0.3) is 22.0 Å². The van der Waals surface area contributed by atoms with Gasteiger partial charge < -0.3 is 14.8 Å². The number of carbonyl (C=O) groups is 1. The van der Waals surface area contributed by atoms with Gasteiger partial charge in [-0.3, -0.25) is 0 Å². The van der Waals surface area contributed by atoms with E-state index in [1.165, 1.54) is 18.5 Å². The topological polar surface area (TPSA) is 99.1 Å². The van der Waals surface area contributed by atoms with E-state index in [2.05, 4.69) is 25.5 Å². The minimum absolute atomic E-state index is 0.261. The molecule has 0 atom stereocenters. The summed E-state index contributed by atoms with van der Waals surface area (Å²) in [7, 11) is 0. The molecule has 0 radical (unpaired) electrons. The lowest BCUT2D eigenvalue weighted by Crippen LogP contribution is -2.15. The summed E-state index contributed by atoms with van der Waals surface area (Å²) in [6.07, 6.45) is 1.42. The fraction of sp³-hybridized carbons (Fsp3) is 0.208. The molecule has 0 saturated carbocycles. The molecule has 9 heteroatoms. The van der Waals surface area contributed by atoms with Gasteiger partial charge in [-0.05, 0) is 61.4 Å². The third-order valence-corrected chi connectivity index (χ3v) is 4.82. The number of nitrogens with zero attached hydrogens (tertiary/aromatic N) is 4. The molecule has 2 heterocycles. The number of aromatic nitrogens is 4. The zero-order chi connectivity index (χ0) is 23.2. The monoisotopic (exact) mass is 447 g/mol. The van der Waals surface area contributed by atoms with Crippen molar-refractivity contribution < 1.29 is 18.7 Å². The van der Waals surface area contributed by atoms with Gasteiger partial charge in [0.25, 0.3) is 0 Å². The van der Waals surface area contributed by atoms with Gasteiger partial charge in [0, 0.05) is 5.39 Å². The number of fused-ring (bicyclic) bond motifs is 1. The lowest BCUT2D eigenvalue weighted by Gasteiger charge is -2.14. The molecule has 4 aromatic rings. The summed E-state index contributed by atoms with van der Waals surface area (Å²) >= 11 is 0. The van der Waals surface area contributed by atoms with Crippen molar-refractivity contribution in [3.63, 3.8) is 0 Å². The number of anilines is 1. The SMILES string of the molecule is CCOC(=O)COc1cc(-c2ccc(F)cc2)cc2c(NCc3ccc(C)nn3)ncnc12. The lowest BCUT2D eigenvalue weighted by atomic mass is 10.0. The molecular weight excluding hydrogens is 425 g/mol. The summed E-state index contributed by atoms with van der Waals surface area (Å²) in [5.74, 6) is 0.138. The Labute approximate surface area is 189 Å². The maximum atomic E-state index is 13.5. The average molecular weight is 447 g/mol. The van der Waals surface area contributed by atoms with Crippen LogP contribution < -0.4 is 10.1 Å². The number of halogens is 1. The Morgan fingerprint density at radius 1 is 1.03 bits per heavy atom. The van der Waals surface area contributed by atoms with Crippen LogP contribution in [0.5, 0.6) is 5.75 Å². The number of ether oxygens (including phenoxy) is 2. The summed E-state index contributed by atoms with van der Waals surface area (Å²) in [5, 5.41) is 12.2. The molecular formula is C24H22FN5O3. The summed E-state index contributed by atoms with van der Waals surface area (Å²) in [4.78, 5) is 20.6. The van der Waals surface area contributed by atoms with E-state index in [9.17, 15) is 9.18 Å². The van der Waals surface area contributed by atoms with Gasteiger partial charge in [0.15, 0.2) is 6.61 Å². The van der Waals surface area contributed by atoms with Crippen LogP contribution in [0.4, 0.5) is 10.2 Å². The fourth-order valence-electron chi connectivity index (χ4n) is 3.23. The van der Waals surface area contributed by atoms with Crippen LogP contribution in [0.1, 0.15) is 18.3 Å². The van der Waals surface area contributed by atoms with Gasteiger partial charge in [0.1, 0.15) is 29.2 Å². The standard InChI is InChI=1S/C24H22FN5O3/c1-3-32-22(31)13-33-21-11-17(16-5-7-18(25)8-6-16)10-20-23(21)27-14-28-24(20)26-12-19-9-4-15(2)29-30-19/h4-11,14H,3,12-13H2,1-2H3,(H,26,27,28). The second-order valence-electron chi connectivity index (χ2n) is 7.21. The maximum absolute atomic E-state index is 13.5. The van der Waals surface area contributed by atoms with E-state index in [4.69, 9.17) is 9.47 Å². The van der Waals surface area contributed by atoms with Crippen molar-refractivity contribution in [3.8, 4) is 16.9 Å². The van der Waals surface area contributed by atoms with Crippen LogP contribution in [0.15, 0.2) is 54.9 Å². The van der Waals surface area contributed by atoms with Gasteiger partial charge in [0.05, 0.1) is 24.5 Å². The highest BCUT2D eigenvalue weighted by Crippen LogP contribution is 2.34. The lowest BCUT2D eigenvalue weighted by molar-refractivity contribution is -0.145. The van der Waals surface area contributed by atoms with Gasteiger partial charge in [-0.1, -0.05) is 12.1 Å². The molecule has 8 nitrogen and oxygen atoms in total. The Morgan fingerprint density at radius 2 is 1.85 bits per heavy atom. The first-order valence-electron chi connectivity index (χ1n) is 10.4. The van der Waals surface area contributed by atoms with Crippen LogP contribution >= 0.6 is 0 Å². The molecule has 0 fully saturated rings. The quantitative estimate of drug-likeness (QED) is 0.403. The van der Waals surface area contributed by atoms with E-state index in [0.29, 0.717) is 29.0 Å². The summed E-state index contributed by atoms with van der Waals surface area (Å²) in [6.45, 7) is 4.00. The number of aryl methyl sites for hydroxylation is 1. The molecule has 1 N–H and O–H groups in total. The molecule has 168 valence electrons. The highest BCUT2D eigenvalue weighted by Gasteiger charge is 2.14. The number of benzene rings is 2. The van der Waals surface area contributed by atoms with Crippen molar-refractivity contribution in [2.75, 3.05) is 18.5 Å². The summed E-state index contributed by atoms with van der Waals surface area (Å²) in [5.41, 5.74) is 3.64. The van der Waals surface area contributed by atoms with E-state index in [0.717, 1.165) is 22.5 Å². The highest BCUT2D eigenvalue weighted by molar-refractivity contribution is 5.96. The molecule has 2 aromatic carbocycles. The maximum Gasteiger partial charge on any atom is 0.344 e. The van der Waals surface area contributed by atoms with Crippen LogP contribution in [0.3, 0.4) is 0 Å². The van der Waals surface area contributed by atoms with E-state index >= 15 is 0 Å². The minimum Gasteiger partial charge on any atom is -0.480 e. The first-order valence-corrected chi connectivity index (χ1v) is 10.4. The molecule has 0 unspecified atom stereocenters. The Hall–Kier alpha value is -4.14. The van der Waals surface area contributed by atoms with Crippen molar-refractivity contribution in [3.05, 3.63) is 72.1 Å². The second-order valence-corrected chi connectivity index (χ2v) is 7.21. The van der Waals surface area contributed by atoms with Crippen LogP contribution in [-0.4, -0.2) is 39.3 Å². The number of hydrogen-bond donors (Lipinski definition) is 1. The van der Waals surface area contributed by atoms with Crippen LogP contribution in [0.2, 0.25) is 0 Å².